The average Bonchev–Trinajstić information content (AvgIpc) is 2.93. The number of methoxy groups -OCH3 is 1. The first-order valence-corrected chi connectivity index (χ1v) is 7.68. The van der Waals surface area contributed by atoms with E-state index in [1.165, 1.54) is 13.2 Å². The zero-order valence-corrected chi connectivity index (χ0v) is 13.8. The monoisotopic (exact) mass is 335 g/mol. The molecule has 0 atom stereocenters. The van der Waals surface area contributed by atoms with Crippen molar-refractivity contribution in [1.29, 1.82) is 0 Å². The van der Waals surface area contributed by atoms with Crippen molar-refractivity contribution in [3.05, 3.63) is 34.5 Å². The van der Waals surface area contributed by atoms with E-state index in [1.54, 1.807) is 25.1 Å². The largest absolute Gasteiger partial charge is 0.493 e. The van der Waals surface area contributed by atoms with Crippen LogP contribution in [0.4, 0.5) is 0 Å². The Morgan fingerprint density at radius 2 is 2.26 bits per heavy atom. The number of nitrogens with zero attached hydrogens (tertiary/aromatic N) is 2. The maximum Gasteiger partial charge on any atom is 0.342 e. The Balaban J connectivity index is 2.41. The number of H-pyrrole nitrogens is 1. The summed E-state index contributed by atoms with van der Waals surface area (Å²) >= 11 is 0.964. The molecule has 8 heteroatoms. The molecule has 0 amide bonds. The molecule has 0 aliphatic heterocycles. The lowest BCUT2D eigenvalue weighted by molar-refractivity contribution is -0.131. The Bertz CT molecular complexity index is 727. The fraction of sp³-hybridized carbons (Fsp3) is 0.267. The summed E-state index contributed by atoms with van der Waals surface area (Å²) in [7, 11) is 1.54. The number of carboxylic acid groups (broad SMARTS) is 1. The number of benzene rings is 1. The number of thioether (sulfide) groups is 1. The summed E-state index contributed by atoms with van der Waals surface area (Å²) in [6.45, 7) is 4.04. The van der Waals surface area contributed by atoms with Gasteiger partial charge in [0, 0.05) is 5.56 Å². The summed E-state index contributed by atoms with van der Waals surface area (Å²) in [6.07, 6.45) is 1.52. The number of aliphatic carboxylic acids is 1. The van der Waals surface area contributed by atoms with E-state index in [1.807, 2.05) is 6.92 Å². The number of hydrogen-bond donors (Lipinski definition) is 2. The third kappa shape index (κ3) is 4.26. The molecular weight excluding hydrogens is 318 g/mol. The van der Waals surface area contributed by atoms with E-state index >= 15 is 0 Å². The highest BCUT2D eigenvalue weighted by molar-refractivity contribution is 8.04. The van der Waals surface area contributed by atoms with Gasteiger partial charge >= 0.3 is 5.97 Å². The van der Waals surface area contributed by atoms with Crippen molar-refractivity contribution >= 4 is 23.8 Å². The minimum Gasteiger partial charge on any atom is -0.493 e. The number of nitrogens with one attached hydrogen (secondary N) is 1. The van der Waals surface area contributed by atoms with E-state index < -0.39 is 5.97 Å². The first kappa shape index (κ1) is 16.9. The fourth-order valence-corrected chi connectivity index (χ4v) is 2.59. The van der Waals surface area contributed by atoms with Crippen LogP contribution in [0.15, 0.2) is 28.3 Å². The smallest absolute Gasteiger partial charge is 0.342 e. The van der Waals surface area contributed by atoms with Crippen LogP contribution in [-0.2, 0) is 4.79 Å². The van der Waals surface area contributed by atoms with Crippen LogP contribution in [0.1, 0.15) is 18.3 Å². The Kier molecular flexibility index (Phi) is 5.64. The van der Waals surface area contributed by atoms with Crippen molar-refractivity contribution in [1.82, 2.24) is 15.2 Å². The molecule has 0 saturated carbocycles. The van der Waals surface area contributed by atoms with Gasteiger partial charge < -0.3 is 14.6 Å². The lowest BCUT2D eigenvalue weighted by Crippen LogP contribution is -2.00. The van der Waals surface area contributed by atoms with Crippen molar-refractivity contribution in [3.63, 3.8) is 0 Å². The lowest BCUT2D eigenvalue weighted by Gasteiger charge is -2.12. The van der Waals surface area contributed by atoms with Gasteiger partial charge in [-0.25, -0.2) is 9.78 Å². The Morgan fingerprint density at radius 1 is 1.48 bits per heavy atom. The van der Waals surface area contributed by atoms with Crippen molar-refractivity contribution in [2.75, 3.05) is 13.7 Å². The number of aryl methyl sites for hydroxylation is 1. The maximum atomic E-state index is 11.5. The second kappa shape index (κ2) is 7.68. The van der Waals surface area contributed by atoms with Gasteiger partial charge in [0.15, 0.2) is 11.5 Å². The zero-order valence-electron chi connectivity index (χ0n) is 13.0. The van der Waals surface area contributed by atoms with Crippen LogP contribution in [0.25, 0.3) is 6.08 Å². The minimum absolute atomic E-state index is 0.0817. The number of para-hydroxylation sites is 1. The van der Waals surface area contributed by atoms with Crippen LogP contribution in [-0.4, -0.2) is 40.0 Å². The number of carbonyl (C=O) groups is 1. The summed E-state index contributed by atoms with van der Waals surface area (Å²) in [5, 5.41) is 16.4. The number of carboxylic acids is 1. The van der Waals surface area contributed by atoms with Gasteiger partial charge in [-0.1, -0.05) is 12.1 Å². The average molecular weight is 335 g/mol. The maximum absolute atomic E-state index is 11.5. The van der Waals surface area contributed by atoms with Gasteiger partial charge in [0.05, 0.1) is 13.7 Å². The molecule has 0 aliphatic carbocycles. The molecule has 0 unspecified atom stereocenters. The van der Waals surface area contributed by atoms with E-state index in [2.05, 4.69) is 15.2 Å². The van der Waals surface area contributed by atoms with Gasteiger partial charge in [-0.3, -0.25) is 5.10 Å². The topological polar surface area (TPSA) is 97.3 Å². The molecule has 2 aromatic rings. The Labute approximate surface area is 137 Å². The SMILES string of the molecule is CCOc1c(/C=C(\Sc2n[nH]c(C)n2)C(=O)O)cccc1OC. The molecule has 2 rings (SSSR count). The van der Waals surface area contributed by atoms with Gasteiger partial charge in [-0.05, 0) is 37.8 Å². The van der Waals surface area contributed by atoms with E-state index in [-0.39, 0.29) is 4.91 Å². The standard InChI is InChI=1S/C15H17N3O4S/c1-4-22-13-10(6-5-7-11(13)21-3)8-12(14(19)20)23-15-16-9(2)17-18-15/h5-8H,4H2,1-3H3,(H,19,20)(H,16,17,18)/b12-8-. The van der Waals surface area contributed by atoms with Gasteiger partial charge in [0.25, 0.3) is 0 Å². The summed E-state index contributed by atoms with van der Waals surface area (Å²) < 4.78 is 10.8. The molecule has 7 nitrogen and oxygen atoms in total. The normalized spacial score (nSPS) is 11.3. The molecule has 2 N–H and O–H groups in total. The van der Waals surface area contributed by atoms with E-state index in [4.69, 9.17) is 9.47 Å². The predicted octanol–water partition coefficient (Wildman–Crippen LogP) is 2.74. The second-order valence-electron chi connectivity index (χ2n) is 4.43. The quantitative estimate of drug-likeness (QED) is 0.593. The molecular formula is C15H17N3O4S. The highest BCUT2D eigenvalue weighted by Gasteiger charge is 2.16. The third-order valence-electron chi connectivity index (χ3n) is 2.79. The van der Waals surface area contributed by atoms with Gasteiger partial charge in [-0.15, -0.1) is 5.10 Å². The highest BCUT2D eigenvalue weighted by atomic mass is 32.2. The lowest BCUT2D eigenvalue weighted by atomic mass is 10.1. The highest BCUT2D eigenvalue weighted by Crippen LogP contribution is 2.35. The zero-order chi connectivity index (χ0) is 16.8. The second-order valence-corrected chi connectivity index (χ2v) is 5.44. The van der Waals surface area contributed by atoms with Crippen molar-refractivity contribution < 1.29 is 19.4 Å². The van der Waals surface area contributed by atoms with Gasteiger partial charge in [0.1, 0.15) is 10.7 Å². The van der Waals surface area contributed by atoms with Crippen LogP contribution in [0.2, 0.25) is 0 Å². The molecule has 122 valence electrons. The molecule has 1 aromatic heterocycles. The van der Waals surface area contributed by atoms with E-state index in [0.717, 1.165) is 11.8 Å². The minimum atomic E-state index is -1.07. The van der Waals surface area contributed by atoms with Crippen molar-refractivity contribution in [2.45, 2.75) is 19.0 Å². The number of hydrogen-bond acceptors (Lipinski definition) is 6. The van der Waals surface area contributed by atoms with Crippen LogP contribution < -0.4 is 9.47 Å². The van der Waals surface area contributed by atoms with Crippen molar-refractivity contribution in [2.24, 2.45) is 0 Å². The number of aromatic nitrogens is 3. The van der Waals surface area contributed by atoms with E-state index in [9.17, 15) is 9.90 Å². The predicted molar refractivity (Wildman–Crippen MR) is 86.8 cm³/mol. The molecule has 0 spiro atoms. The van der Waals surface area contributed by atoms with Gasteiger partial charge in [0.2, 0.25) is 5.16 Å². The number of aromatic amines is 1. The summed E-state index contributed by atoms with van der Waals surface area (Å²) in [5.74, 6) is 0.600. The van der Waals surface area contributed by atoms with Crippen molar-refractivity contribution in [3.8, 4) is 11.5 Å². The molecule has 23 heavy (non-hydrogen) atoms. The van der Waals surface area contributed by atoms with Gasteiger partial charge in [-0.2, -0.15) is 0 Å². The van der Waals surface area contributed by atoms with Crippen LogP contribution in [0.3, 0.4) is 0 Å². The molecule has 1 heterocycles. The van der Waals surface area contributed by atoms with E-state index in [0.29, 0.717) is 34.7 Å². The molecule has 0 saturated heterocycles. The molecule has 1 aromatic carbocycles. The first-order valence-electron chi connectivity index (χ1n) is 6.86. The summed E-state index contributed by atoms with van der Waals surface area (Å²) in [5.41, 5.74) is 0.614. The molecule has 0 fully saturated rings. The van der Waals surface area contributed by atoms with Crippen LogP contribution >= 0.6 is 11.8 Å². The fourth-order valence-electron chi connectivity index (χ4n) is 1.85. The number of rotatable bonds is 7. The summed E-state index contributed by atoms with van der Waals surface area (Å²) in [6, 6.07) is 5.29. The Morgan fingerprint density at radius 3 is 2.83 bits per heavy atom. The number of ether oxygens (including phenoxy) is 2. The molecule has 0 bridgehead atoms. The van der Waals surface area contributed by atoms with Crippen LogP contribution in [0, 0.1) is 6.92 Å². The molecule has 0 aliphatic rings. The van der Waals surface area contributed by atoms with Crippen LogP contribution in [0.5, 0.6) is 11.5 Å². The Hall–Kier alpha value is -2.48. The summed E-state index contributed by atoms with van der Waals surface area (Å²) in [4.78, 5) is 15.7. The third-order valence-corrected chi connectivity index (χ3v) is 3.67. The first-order chi connectivity index (χ1) is 11.0. The molecule has 0 radical (unpaired) electrons.